The van der Waals surface area contributed by atoms with E-state index in [2.05, 4.69) is 51.2 Å². The van der Waals surface area contributed by atoms with E-state index in [1.165, 1.54) is 0 Å². The molecule has 0 radical (unpaired) electrons. The summed E-state index contributed by atoms with van der Waals surface area (Å²) < 4.78 is 0. The normalized spacial score (nSPS) is 31.8. The van der Waals surface area contributed by atoms with Crippen LogP contribution in [0.3, 0.4) is 0 Å². The lowest BCUT2D eigenvalue weighted by Crippen LogP contribution is -2.08. The van der Waals surface area contributed by atoms with E-state index in [0.717, 1.165) is 0 Å². The van der Waals surface area contributed by atoms with E-state index < -0.39 is 0 Å². The highest BCUT2D eigenvalue weighted by Gasteiger charge is 2.31. The van der Waals surface area contributed by atoms with Crippen molar-refractivity contribution in [1.29, 1.82) is 0 Å². The zero-order chi connectivity index (χ0) is 9.47. The van der Waals surface area contributed by atoms with Crippen LogP contribution < -0.4 is 0 Å². The van der Waals surface area contributed by atoms with Gasteiger partial charge in [-0.05, 0) is 10.3 Å². The Labute approximate surface area is 84.8 Å². The van der Waals surface area contributed by atoms with Crippen LogP contribution in [0.4, 0.5) is 0 Å². The molecule has 1 heteroatoms. The number of hydrogen-bond donors (Lipinski definition) is 0. The van der Waals surface area contributed by atoms with Crippen LogP contribution >= 0.6 is 11.8 Å². The Bertz CT molecular complexity index is 289. The lowest BCUT2D eigenvalue weighted by Gasteiger charge is -2.20. The van der Waals surface area contributed by atoms with E-state index in [1.807, 2.05) is 11.8 Å². The average molecular weight is 192 g/mol. The third-order valence-electron chi connectivity index (χ3n) is 2.47. The largest absolute Gasteiger partial charge is 0.122 e. The first kappa shape index (κ1) is 9.14. The van der Waals surface area contributed by atoms with Crippen LogP contribution in [0.25, 0.3) is 0 Å². The van der Waals surface area contributed by atoms with Crippen molar-refractivity contribution in [2.75, 3.05) is 0 Å². The molecule has 2 atom stereocenters. The van der Waals surface area contributed by atoms with Gasteiger partial charge in [0, 0.05) is 11.2 Å². The summed E-state index contributed by atoms with van der Waals surface area (Å²) in [5.74, 6) is 0.643. The van der Waals surface area contributed by atoms with Gasteiger partial charge in [-0.1, -0.05) is 51.2 Å². The van der Waals surface area contributed by atoms with E-state index in [4.69, 9.17) is 0 Å². The number of fused-ring (bicyclic) bond motifs is 1. The molecule has 0 saturated heterocycles. The zero-order valence-corrected chi connectivity index (χ0v) is 9.27. The maximum Gasteiger partial charge on any atom is 0.0372 e. The third kappa shape index (κ3) is 1.76. The van der Waals surface area contributed by atoms with Gasteiger partial charge in [-0.3, -0.25) is 0 Å². The van der Waals surface area contributed by atoms with E-state index in [0.29, 0.717) is 16.6 Å². The second-order valence-electron chi connectivity index (χ2n) is 4.71. The fourth-order valence-electron chi connectivity index (χ4n) is 1.66. The molecule has 13 heavy (non-hydrogen) atoms. The minimum absolute atomic E-state index is 0.323. The maximum atomic E-state index is 2.43. The van der Waals surface area contributed by atoms with E-state index in [9.17, 15) is 0 Å². The smallest absolute Gasteiger partial charge is 0.0372 e. The first-order valence-electron chi connectivity index (χ1n) is 4.81. The summed E-state index contributed by atoms with van der Waals surface area (Å²) in [6.45, 7) is 6.86. The molecule has 70 valence electrons. The van der Waals surface area contributed by atoms with Gasteiger partial charge in [0.2, 0.25) is 0 Å². The molecule has 0 bridgehead atoms. The molecule has 1 heterocycles. The molecule has 2 unspecified atom stereocenters. The predicted molar refractivity (Wildman–Crippen MR) is 60.7 cm³/mol. The third-order valence-corrected chi connectivity index (χ3v) is 4.22. The highest BCUT2D eigenvalue weighted by molar-refractivity contribution is 8.04. The minimum Gasteiger partial charge on any atom is -0.122 e. The molecule has 1 aliphatic carbocycles. The second-order valence-corrected chi connectivity index (χ2v) is 5.93. The van der Waals surface area contributed by atoms with Gasteiger partial charge in [0.1, 0.15) is 0 Å². The summed E-state index contributed by atoms with van der Waals surface area (Å²) in [7, 11) is 0. The van der Waals surface area contributed by atoms with Crippen molar-refractivity contribution < 1.29 is 0 Å². The fourth-order valence-corrected chi connectivity index (χ4v) is 3.04. The minimum atomic E-state index is 0.323. The molecule has 0 aromatic heterocycles. The van der Waals surface area contributed by atoms with Crippen molar-refractivity contribution in [2.45, 2.75) is 26.0 Å². The Balaban J connectivity index is 2.20. The summed E-state index contributed by atoms with van der Waals surface area (Å²) >= 11 is 2.02. The van der Waals surface area contributed by atoms with Crippen molar-refractivity contribution in [3.8, 4) is 0 Å². The molecule has 0 saturated carbocycles. The van der Waals surface area contributed by atoms with Crippen LogP contribution in [0, 0.1) is 11.3 Å². The first-order chi connectivity index (χ1) is 6.07. The molecule has 0 amide bonds. The summed E-state index contributed by atoms with van der Waals surface area (Å²) in [5.41, 5.74) is 0.323. The Morgan fingerprint density at radius 1 is 1.15 bits per heavy atom. The quantitative estimate of drug-likeness (QED) is 0.563. The summed E-state index contributed by atoms with van der Waals surface area (Å²) in [4.78, 5) is 1.54. The van der Waals surface area contributed by atoms with Crippen molar-refractivity contribution in [2.24, 2.45) is 11.3 Å². The molecule has 0 N–H and O–H groups in total. The highest BCUT2D eigenvalue weighted by Crippen LogP contribution is 2.47. The van der Waals surface area contributed by atoms with Gasteiger partial charge in [-0.25, -0.2) is 0 Å². The molecule has 2 aliphatic rings. The molecular formula is C12H16S. The van der Waals surface area contributed by atoms with Crippen molar-refractivity contribution >= 4 is 11.8 Å². The van der Waals surface area contributed by atoms with Gasteiger partial charge >= 0.3 is 0 Å². The van der Waals surface area contributed by atoms with Crippen molar-refractivity contribution in [3.63, 3.8) is 0 Å². The molecule has 0 aromatic rings. The maximum absolute atomic E-state index is 2.43. The van der Waals surface area contributed by atoms with Gasteiger partial charge < -0.3 is 0 Å². The van der Waals surface area contributed by atoms with E-state index in [1.54, 1.807) is 4.91 Å². The van der Waals surface area contributed by atoms with Gasteiger partial charge in [0.25, 0.3) is 0 Å². The molecule has 0 fully saturated rings. The lowest BCUT2D eigenvalue weighted by molar-refractivity contribution is 0.532. The number of hydrogen-bond acceptors (Lipinski definition) is 1. The van der Waals surface area contributed by atoms with Crippen LogP contribution in [0.15, 0.2) is 35.3 Å². The highest BCUT2D eigenvalue weighted by atomic mass is 32.2. The second kappa shape index (κ2) is 3.06. The van der Waals surface area contributed by atoms with Gasteiger partial charge in [0.15, 0.2) is 0 Å². The Hall–Kier alpha value is -0.430. The Morgan fingerprint density at radius 2 is 1.85 bits per heavy atom. The van der Waals surface area contributed by atoms with Crippen molar-refractivity contribution in [1.82, 2.24) is 0 Å². The zero-order valence-electron chi connectivity index (χ0n) is 8.45. The molecule has 1 aliphatic heterocycles. The lowest BCUT2D eigenvalue weighted by atomic mass is 9.92. The Kier molecular flexibility index (Phi) is 2.15. The SMILES string of the molecule is CC(C)(C)C1=CC2C=CC=CC2S1. The summed E-state index contributed by atoms with van der Waals surface area (Å²) in [6.07, 6.45) is 11.4. The van der Waals surface area contributed by atoms with Gasteiger partial charge in [-0.15, -0.1) is 11.8 Å². The van der Waals surface area contributed by atoms with Crippen LogP contribution in [-0.4, -0.2) is 5.25 Å². The van der Waals surface area contributed by atoms with E-state index in [-0.39, 0.29) is 0 Å². The van der Waals surface area contributed by atoms with Gasteiger partial charge in [-0.2, -0.15) is 0 Å². The number of allylic oxidation sites excluding steroid dienone is 5. The molecular weight excluding hydrogens is 176 g/mol. The van der Waals surface area contributed by atoms with Crippen molar-refractivity contribution in [3.05, 3.63) is 35.3 Å². The van der Waals surface area contributed by atoms with E-state index >= 15 is 0 Å². The monoisotopic (exact) mass is 192 g/mol. The summed E-state index contributed by atoms with van der Waals surface area (Å²) in [5, 5.41) is 0.666. The topological polar surface area (TPSA) is 0 Å². The van der Waals surface area contributed by atoms with Crippen LogP contribution in [0.2, 0.25) is 0 Å². The number of thioether (sulfide) groups is 1. The fraction of sp³-hybridized carbons (Fsp3) is 0.500. The van der Waals surface area contributed by atoms with Crippen LogP contribution in [0.1, 0.15) is 20.8 Å². The molecule has 0 aromatic carbocycles. The molecule has 2 rings (SSSR count). The Morgan fingerprint density at radius 3 is 2.46 bits per heavy atom. The summed E-state index contributed by atoms with van der Waals surface area (Å²) in [6, 6.07) is 0. The average Bonchev–Trinajstić information content (AvgIpc) is 2.45. The first-order valence-corrected chi connectivity index (χ1v) is 5.69. The number of rotatable bonds is 0. The predicted octanol–water partition coefficient (Wildman–Crippen LogP) is 3.77. The molecule has 0 nitrogen and oxygen atoms in total. The van der Waals surface area contributed by atoms with Crippen LogP contribution in [0.5, 0.6) is 0 Å². The van der Waals surface area contributed by atoms with Crippen LogP contribution in [-0.2, 0) is 0 Å². The molecule has 0 spiro atoms. The standard InChI is InChI=1S/C12H16S/c1-12(2,3)11-8-9-6-4-5-7-10(9)13-11/h4-10H,1-3H3. The van der Waals surface area contributed by atoms with Gasteiger partial charge in [0.05, 0.1) is 0 Å².